The molecule has 2 nitrogen and oxygen atoms in total. The molecule has 3 rings (SSSR count). The normalized spacial score (nSPS) is 17.3. The van der Waals surface area contributed by atoms with Crippen molar-refractivity contribution >= 4 is 23.1 Å². The van der Waals surface area contributed by atoms with Crippen LogP contribution in [0.1, 0.15) is 54.0 Å². The zero-order chi connectivity index (χ0) is 20.3. The third-order valence-corrected chi connectivity index (χ3v) is 6.58. The molecule has 1 aliphatic rings. The summed E-state index contributed by atoms with van der Waals surface area (Å²) in [6.45, 7) is 8.32. The van der Waals surface area contributed by atoms with Gasteiger partial charge in [-0.15, -0.1) is 11.8 Å². The molecule has 0 amide bonds. The van der Waals surface area contributed by atoms with Crippen LogP contribution in [0.25, 0.3) is 5.57 Å². The van der Waals surface area contributed by atoms with Crippen molar-refractivity contribution in [3.63, 3.8) is 0 Å². The maximum atomic E-state index is 13.0. The van der Waals surface area contributed by atoms with Crippen molar-refractivity contribution in [2.24, 2.45) is 5.92 Å². The molecule has 0 aromatic heterocycles. The molecule has 1 N–H and O–H groups in total. The molecule has 2 aromatic rings. The van der Waals surface area contributed by atoms with Gasteiger partial charge in [0.2, 0.25) is 0 Å². The van der Waals surface area contributed by atoms with Crippen LogP contribution >= 0.6 is 11.8 Å². The molecule has 0 bridgehead atoms. The average molecular weight is 395 g/mol. The van der Waals surface area contributed by atoms with Crippen molar-refractivity contribution in [2.75, 3.05) is 5.75 Å². The largest absolute Gasteiger partial charge is 0.512 e. The number of benzene rings is 2. The Bertz CT molecular complexity index is 894. The lowest BCUT2D eigenvalue weighted by Crippen LogP contribution is -2.20. The van der Waals surface area contributed by atoms with Gasteiger partial charge in [-0.25, -0.2) is 0 Å². The van der Waals surface area contributed by atoms with Crippen LogP contribution in [-0.2, 0) is 11.2 Å². The highest BCUT2D eigenvalue weighted by atomic mass is 32.2. The minimum absolute atomic E-state index is 0.0933. The molecular weight excluding hydrogens is 364 g/mol. The first-order valence-corrected chi connectivity index (χ1v) is 11.1. The number of Topliss-reactive ketones (excluding diaryl/α,β-unsaturated/α-hetero) is 1. The highest BCUT2D eigenvalue weighted by molar-refractivity contribution is 7.99. The third-order valence-electron chi connectivity index (χ3n) is 5.53. The Morgan fingerprint density at radius 1 is 1.04 bits per heavy atom. The Balaban J connectivity index is 1.72. The molecule has 0 heterocycles. The van der Waals surface area contributed by atoms with Crippen molar-refractivity contribution in [3.8, 4) is 0 Å². The van der Waals surface area contributed by atoms with Crippen molar-refractivity contribution < 1.29 is 9.90 Å². The molecule has 1 unspecified atom stereocenters. The predicted molar refractivity (Wildman–Crippen MR) is 119 cm³/mol. The lowest BCUT2D eigenvalue weighted by Gasteiger charge is -2.25. The summed E-state index contributed by atoms with van der Waals surface area (Å²) in [5.41, 5.74) is 6.23. The molecule has 0 fully saturated rings. The van der Waals surface area contributed by atoms with Crippen molar-refractivity contribution in [2.45, 2.75) is 58.3 Å². The summed E-state index contributed by atoms with van der Waals surface area (Å²) in [4.78, 5) is 14.2. The Hall–Kier alpha value is -2.00. The molecule has 3 heteroatoms. The lowest BCUT2D eigenvalue weighted by atomic mass is 9.80. The Morgan fingerprint density at radius 3 is 2.39 bits per heavy atom. The standard InChI is InChI=1S/C25H30O2S/c1-5-20-13-17(3)12-18(4)24(20)25-22(26)14-19(15-23(25)27)10-11-28-21-8-6-16(2)7-9-21/h6-9,12-13,19,26H,5,10-11,14-15H2,1-4H3. The van der Waals surface area contributed by atoms with Gasteiger partial charge in [-0.2, -0.15) is 0 Å². The number of allylic oxidation sites excluding steroid dienone is 2. The van der Waals surface area contributed by atoms with E-state index in [1.807, 2.05) is 18.7 Å². The first-order valence-electron chi connectivity index (χ1n) is 10.1. The fourth-order valence-corrected chi connectivity index (χ4v) is 5.15. The fourth-order valence-electron chi connectivity index (χ4n) is 4.13. The number of ketones is 1. The van der Waals surface area contributed by atoms with Crippen LogP contribution in [0.15, 0.2) is 47.1 Å². The van der Waals surface area contributed by atoms with Gasteiger partial charge in [0.25, 0.3) is 0 Å². The highest BCUT2D eigenvalue weighted by Crippen LogP contribution is 2.37. The summed E-state index contributed by atoms with van der Waals surface area (Å²) in [6.07, 6.45) is 2.93. The number of carbonyl (C=O) groups excluding carboxylic acids is 1. The maximum absolute atomic E-state index is 13.0. The molecule has 0 aliphatic heterocycles. The lowest BCUT2D eigenvalue weighted by molar-refractivity contribution is -0.115. The van der Waals surface area contributed by atoms with E-state index in [1.165, 1.54) is 16.0 Å². The van der Waals surface area contributed by atoms with E-state index in [0.29, 0.717) is 18.4 Å². The molecule has 148 valence electrons. The molecule has 0 radical (unpaired) electrons. The topological polar surface area (TPSA) is 37.3 Å². The van der Waals surface area contributed by atoms with Crippen LogP contribution in [-0.4, -0.2) is 16.6 Å². The SMILES string of the molecule is CCc1cc(C)cc(C)c1C1=C(O)CC(CCSc2ccc(C)cc2)CC1=O. The smallest absolute Gasteiger partial charge is 0.167 e. The van der Waals surface area contributed by atoms with E-state index >= 15 is 0 Å². The van der Waals surface area contributed by atoms with Gasteiger partial charge in [0.05, 0.1) is 5.57 Å². The Morgan fingerprint density at radius 2 is 1.75 bits per heavy atom. The van der Waals surface area contributed by atoms with E-state index in [0.717, 1.165) is 35.3 Å². The summed E-state index contributed by atoms with van der Waals surface area (Å²) < 4.78 is 0. The third kappa shape index (κ3) is 4.70. The number of aryl methyl sites for hydroxylation is 4. The van der Waals surface area contributed by atoms with E-state index in [9.17, 15) is 9.90 Å². The fraction of sp³-hybridized carbons (Fsp3) is 0.400. The Kier molecular flexibility index (Phi) is 6.66. The summed E-state index contributed by atoms with van der Waals surface area (Å²) in [5.74, 6) is 1.57. The minimum Gasteiger partial charge on any atom is -0.512 e. The number of carbonyl (C=O) groups is 1. The van der Waals surface area contributed by atoms with Gasteiger partial charge in [0, 0.05) is 17.7 Å². The first-order chi connectivity index (χ1) is 13.4. The zero-order valence-corrected chi connectivity index (χ0v) is 18.2. The molecule has 28 heavy (non-hydrogen) atoms. The summed E-state index contributed by atoms with van der Waals surface area (Å²) >= 11 is 1.82. The van der Waals surface area contributed by atoms with Crippen LogP contribution in [0, 0.1) is 26.7 Å². The van der Waals surface area contributed by atoms with Crippen molar-refractivity contribution in [3.05, 3.63) is 70.0 Å². The molecule has 0 spiro atoms. The van der Waals surface area contributed by atoms with Crippen molar-refractivity contribution in [1.29, 1.82) is 0 Å². The van der Waals surface area contributed by atoms with E-state index in [-0.39, 0.29) is 17.5 Å². The van der Waals surface area contributed by atoms with Gasteiger partial charge in [0.1, 0.15) is 5.76 Å². The van der Waals surface area contributed by atoms with Gasteiger partial charge >= 0.3 is 0 Å². The number of hydrogen-bond acceptors (Lipinski definition) is 3. The Labute approximate surface area is 173 Å². The number of rotatable bonds is 6. The molecule has 2 aromatic carbocycles. The number of hydrogen-bond donors (Lipinski definition) is 1. The van der Waals surface area contributed by atoms with Gasteiger partial charge in [-0.3, -0.25) is 4.79 Å². The van der Waals surface area contributed by atoms with Crippen LogP contribution < -0.4 is 0 Å². The number of aliphatic hydroxyl groups is 1. The average Bonchev–Trinajstić information content (AvgIpc) is 2.64. The van der Waals surface area contributed by atoms with Gasteiger partial charge < -0.3 is 5.11 Å². The van der Waals surface area contributed by atoms with Crippen LogP contribution in [0.2, 0.25) is 0 Å². The van der Waals surface area contributed by atoms with Crippen LogP contribution in [0.3, 0.4) is 0 Å². The zero-order valence-electron chi connectivity index (χ0n) is 17.3. The predicted octanol–water partition coefficient (Wildman–Crippen LogP) is 6.60. The molecule has 1 aliphatic carbocycles. The number of thioether (sulfide) groups is 1. The summed E-state index contributed by atoms with van der Waals surface area (Å²) in [5, 5.41) is 10.8. The van der Waals surface area contributed by atoms with Crippen LogP contribution in [0.5, 0.6) is 0 Å². The van der Waals surface area contributed by atoms with Crippen molar-refractivity contribution in [1.82, 2.24) is 0 Å². The summed E-state index contributed by atoms with van der Waals surface area (Å²) in [6, 6.07) is 12.8. The molecule has 1 atom stereocenters. The molecule has 0 saturated carbocycles. The first kappa shape index (κ1) is 20.7. The monoisotopic (exact) mass is 394 g/mol. The van der Waals surface area contributed by atoms with Gasteiger partial charge in [0.15, 0.2) is 5.78 Å². The second kappa shape index (κ2) is 9.00. The van der Waals surface area contributed by atoms with E-state index in [1.54, 1.807) is 0 Å². The summed E-state index contributed by atoms with van der Waals surface area (Å²) in [7, 11) is 0. The van der Waals surface area contributed by atoms with E-state index < -0.39 is 0 Å². The van der Waals surface area contributed by atoms with Gasteiger partial charge in [-0.05, 0) is 74.1 Å². The van der Waals surface area contributed by atoms with Gasteiger partial charge in [-0.1, -0.05) is 42.3 Å². The quantitative estimate of drug-likeness (QED) is 0.560. The second-order valence-corrected chi connectivity index (χ2v) is 9.11. The minimum atomic E-state index is 0.0933. The molecular formula is C25H30O2S. The van der Waals surface area contributed by atoms with E-state index in [2.05, 4.69) is 57.2 Å². The second-order valence-electron chi connectivity index (χ2n) is 7.94. The maximum Gasteiger partial charge on any atom is 0.167 e. The van der Waals surface area contributed by atoms with Crippen LogP contribution in [0.4, 0.5) is 0 Å². The molecule has 0 saturated heterocycles. The van der Waals surface area contributed by atoms with E-state index in [4.69, 9.17) is 0 Å². The number of aliphatic hydroxyl groups excluding tert-OH is 1. The highest BCUT2D eigenvalue weighted by Gasteiger charge is 2.30.